The lowest BCUT2D eigenvalue weighted by Crippen LogP contribution is -2.47. The lowest BCUT2D eigenvalue weighted by atomic mass is 9.49. The van der Waals surface area contributed by atoms with Gasteiger partial charge in [-0.15, -0.1) is 6.42 Å². The number of carbonyl (C=O) groups excluding carboxylic acids is 1. The summed E-state index contributed by atoms with van der Waals surface area (Å²) in [7, 11) is 0. The first kappa shape index (κ1) is 12.0. The molecule has 1 heteroatoms. The zero-order valence-corrected chi connectivity index (χ0v) is 11.3. The first-order valence-electron chi connectivity index (χ1n) is 7.31. The van der Waals surface area contributed by atoms with E-state index >= 15 is 0 Å². The molecule has 3 aliphatic carbocycles. The van der Waals surface area contributed by atoms with Crippen molar-refractivity contribution in [2.45, 2.75) is 58.3 Å². The van der Waals surface area contributed by atoms with Gasteiger partial charge in [0.2, 0.25) is 0 Å². The Bertz CT molecular complexity index is 453. The number of hydrogen-bond donors (Lipinski definition) is 0. The van der Waals surface area contributed by atoms with Crippen LogP contribution in [0.15, 0.2) is 11.6 Å². The van der Waals surface area contributed by atoms with E-state index in [2.05, 4.69) is 18.9 Å². The van der Waals surface area contributed by atoms with E-state index in [4.69, 9.17) is 6.42 Å². The van der Waals surface area contributed by atoms with Gasteiger partial charge in [0.15, 0.2) is 0 Å². The molecule has 3 unspecified atom stereocenters. The van der Waals surface area contributed by atoms with Crippen LogP contribution in [-0.2, 0) is 4.79 Å². The molecule has 0 aromatic rings. The van der Waals surface area contributed by atoms with Crippen LogP contribution in [0.5, 0.6) is 0 Å². The molecule has 2 saturated carbocycles. The summed E-state index contributed by atoms with van der Waals surface area (Å²) < 4.78 is 0. The molecule has 0 aromatic carbocycles. The van der Waals surface area contributed by atoms with Crippen molar-refractivity contribution in [1.29, 1.82) is 0 Å². The first-order chi connectivity index (χ1) is 8.61. The lowest BCUT2D eigenvalue weighted by molar-refractivity contribution is -0.125. The summed E-state index contributed by atoms with van der Waals surface area (Å²) in [6, 6.07) is 0. The van der Waals surface area contributed by atoms with Crippen molar-refractivity contribution >= 4 is 5.78 Å². The molecule has 2 fully saturated rings. The largest absolute Gasteiger partial charge is 0.300 e. The summed E-state index contributed by atoms with van der Waals surface area (Å²) in [5, 5.41) is 0. The maximum Gasteiger partial charge on any atom is 0.133 e. The third-order valence-corrected chi connectivity index (χ3v) is 5.78. The molecule has 0 aliphatic heterocycles. The minimum atomic E-state index is 0.0316. The number of carbonyl (C=O) groups is 1. The van der Waals surface area contributed by atoms with E-state index in [1.54, 1.807) is 0 Å². The van der Waals surface area contributed by atoms with Gasteiger partial charge in [-0.3, -0.25) is 4.79 Å². The summed E-state index contributed by atoms with van der Waals surface area (Å²) in [4.78, 5) is 11.7. The van der Waals surface area contributed by atoms with Gasteiger partial charge < -0.3 is 0 Å². The highest BCUT2D eigenvalue weighted by Gasteiger charge is 2.53. The molecule has 0 radical (unpaired) electrons. The Balaban J connectivity index is 2.03. The van der Waals surface area contributed by atoms with Crippen molar-refractivity contribution in [1.82, 2.24) is 0 Å². The van der Waals surface area contributed by atoms with Gasteiger partial charge in [-0.2, -0.15) is 0 Å². The molecule has 0 N–H and O–H groups in total. The van der Waals surface area contributed by atoms with E-state index < -0.39 is 0 Å². The van der Waals surface area contributed by atoms with Crippen molar-refractivity contribution in [3.63, 3.8) is 0 Å². The smallest absolute Gasteiger partial charge is 0.133 e. The van der Waals surface area contributed by atoms with Crippen molar-refractivity contribution < 1.29 is 4.79 Å². The number of fused-ring (bicyclic) bond motifs is 3. The van der Waals surface area contributed by atoms with Gasteiger partial charge in [0, 0.05) is 12.8 Å². The van der Waals surface area contributed by atoms with Crippen molar-refractivity contribution in [3.05, 3.63) is 11.6 Å². The number of terminal acetylenes is 1. The topological polar surface area (TPSA) is 17.1 Å². The molecular formula is C17H22O. The van der Waals surface area contributed by atoms with Gasteiger partial charge in [0.1, 0.15) is 5.78 Å². The minimum absolute atomic E-state index is 0.0316. The fourth-order valence-corrected chi connectivity index (χ4v) is 4.64. The second kappa shape index (κ2) is 3.98. The first-order valence-corrected chi connectivity index (χ1v) is 7.31. The number of ketones is 1. The molecule has 0 saturated heterocycles. The molecule has 0 aromatic heterocycles. The Morgan fingerprint density at radius 2 is 2.22 bits per heavy atom. The van der Waals surface area contributed by atoms with Crippen LogP contribution in [0.25, 0.3) is 0 Å². The Kier molecular flexibility index (Phi) is 2.66. The zero-order valence-electron chi connectivity index (χ0n) is 11.3. The highest BCUT2D eigenvalue weighted by molar-refractivity contribution is 5.80. The molecule has 0 spiro atoms. The molecule has 0 heterocycles. The fraction of sp³-hybridized carbons (Fsp3) is 0.706. The van der Waals surface area contributed by atoms with Gasteiger partial charge >= 0.3 is 0 Å². The standard InChI is InChI=1S/C17H22O/c1-3-17-9-5-4-6-15(17)16(2)10-8-14(18)12-13(16)7-11-17/h1,6,13H,4-5,7-12H2,2H3. The second-order valence-corrected chi connectivity index (χ2v) is 6.63. The average Bonchev–Trinajstić information content (AvgIpc) is 2.40. The maximum atomic E-state index is 11.7. The molecule has 3 rings (SSSR count). The van der Waals surface area contributed by atoms with Crippen molar-refractivity contribution in [3.8, 4) is 12.3 Å². The second-order valence-electron chi connectivity index (χ2n) is 6.63. The highest BCUT2D eigenvalue weighted by atomic mass is 16.1. The highest BCUT2D eigenvalue weighted by Crippen LogP contribution is 2.61. The molecule has 3 aliphatic rings. The zero-order chi connectivity index (χ0) is 12.8. The predicted molar refractivity (Wildman–Crippen MR) is 72.9 cm³/mol. The minimum Gasteiger partial charge on any atom is -0.300 e. The van der Waals surface area contributed by atoms with Crippen LogP contribution in [0.4, 0.5) is 0 Å². The number of allylic oxidation sites excluding steroid dienone is 2. The summed E-state index contributed by atoms with van der Waals surface area (Å²) in [6.07, 6.45) is 16.7. The number of Topliss-reactive ketones (excluding diaryl/α,β-unsaturated/α-hetero) is 1. The van der Waals surface area contributed by atoms with Gasteiger partial charge in [0.25, 0.3) is 0 Å². The third kappa shape index (κ3) is 1.51. The maximum absolute atomic E-state index is 11.7. The van der Waals surface area contributed by atoms with Gasteiger partial charge in [-0.1, -0.05) is 18.9 Å². The molecule has 1 nitrogen and oxygen atoms in total. The normalized spacial score (nSPS) is 43.4. The Morgan fingerprint density at radius 3 is 3.00 bits per heavy atom. The average molecular weight is 242 g/mol. The van der Waals surface area contributed by atoms with E-state index in [0.717, 1.165) is 38.5 Å². The SMILES string of the molecule is C#CC12CCCC=C1C1(C)CCC(=O)CC1CC2. The quantitative estimate of drug-likeness (QED) is 0.465. The molecule has 0 amide bonds. The molecule has 96 valence electrons. The lowest BCUT2D eigenvalue weighted by Gasteiger charge is -2.54. The third-order valence-electron chi connectivity index (χ3n) is 5.78. The Hall–Kier alpha value is -1.03. The van der Waals surface area contributed by atoms with Gasteiger partial charge in [-0.25, -0.2) is 0 Å². The van der Waals surface area contributed by atoms with Crippen molar-refractivity contribution in [2.75, 3.05) is 0 Å². The van der Waals surface area contributed by atoms with E-state index in [-0.39, 0.29) is 10.8 Å². The van der Waals surface area contributed by atoms with E-state index in [9.17, 15) is 4.79 Å². The monoisotopic (exact) mass is 242 g/mol. The van der Waals surface area contributed by atoms with Crippen LogP contribution in [0.3, 0.4) is 0 Å². The molecule has 0 bridgehead atoms. The van der Waals surface area contributed by atoms with E-state index in [1.807, 2.05) is 0 Å². The number of rotatable bonds is 0. The van der Waals surface area contributed by atoms with Crippen molar-refractivity contribution in [2.24, 2.45) is 16.7 Å². The van der Waals surface area contributed by atoms with Crippen LogP contribution in [0.1, 0.15) is 58.3 Å². The molecule has 3 atom stereocenters. The van der Waals surface area contributed by atoms with Crippen LogP contribution in [0, 0.1) is 29.1 Å². The summed E-state index contributed by atoms with van der Waals surface area (Å²) >= 11 is 0. The summed E-state index contributed by atoms with van der Waals surface area (Å²) in [5.41, 5.74) is 1.76. The molecule has 18 heavy (non-hydrogen) atoms. The van der Waals surface area contributed by atoms with E-state index in [0.29, 0.717) is 11.7 Å². The number of hydrogen-bond acceptors (Lipinski definition) is 1. The summed E-state index contributed by atoms with van der Waals surface area (Å²) in [6.45, 7) is 2.37. The van der Waals surface area contributed by atoms with Crippen LogP contribution in [-0.4, -0.2) is 5.78 Å². The fourth-order valence-electron chi connectivity index (χ4n) is 4.64. The van der Waals surface area contributed by atoms with Gasteiger partial charge in [-0.05, 0) is 55.4 Å². The Morgan fingerprint density at radius 1 is 1.39 bits per heavy atom. The predicted octanol–water partition coefficient (Wildman–Crippen LogP) is 3.89. The van der Waals surface area contributed by atoms with Crippen LogP contribution in [0.2, 0.25) is 0 Å². The van der Waals surface area contributed by atoms with Crippen LogP contribution >= 0.6 is 0 Å². The van der Waals surface area contributed by atoms with E-state index in [1.165, 1.54) is 18.4 Å². The molecular weight excluding hydrogens is 220 g/mol. The summed E-state index contributed by atoms with van der Waals surface area (Å²) in [5.74, 6) is 4.14. The van der Waals surface area contributed by atoms with Crippen LogP contribution < -0.4 is 0 Å². The van der Waals surface area contributed by atoms with Gasteiger partial charge in [0.05, 0.1) is 5.41 Å². The Labute approximate surface area is 110 Å².